The Morgan fingerprint density at radius 1 is 0.636 bits per heavy atom. The van der Waals surface area contributed by atoms with Crippen LogP contribution in [0.5, 0.6) is 0 Å². The molecule has 2 heteroatoms. The second kappa shape index (κ2) is 11.2. The summed E-state index contributed by atoms with van der Waals surface area (Å²) in [6, 6.07) is 29.3. The SMILES string of the molecule is [CH3-].[CH3-].[H-].[H-].[Si]=[Ti].c1ccc2[cH-]ccc2c1.c1ccc2[cH-]ccc2c1. The van der Waals surface area contributed by atoms with Gasteiger partial charge >= 0.3 is 26.8 Å². The maximum absolute atomic E-state index is 2.97. The second-order valence-corrected chi connectivity index (χ2v) is 4.31. The van der Waals surface area contributed by atoms with Gasteiger partial charge in [0.15, 0.2) is 0 Å². The molecule has 0 spiro atoms. The van der Waals surface area contributed by atoms with Gasteiger partial charge in [0.2, 0.25) is 0 Å². The Morgan fingerprint density at radius 3 is 1.36 bits per heavy atom. The summed E-state index contributed by atoms with van der Waals surface area (Å²) in [6.45, 7) is 0. The van der Waals surface area contributed by atoms with Gasteiger partial charge in [-0.1, -0.05) is 12.1 Å². The van der Waals surface area contributed by atoms with E-state index in [1.54, 1.807) is 19.2 Å². The fourth-order valence-corrected chi connectivity index (χ4v) is 2.14. The van der Waals surface area contributed by atoms with Gasteiger partial charge in [-0.05, 0) is 0 Å². The third kappa shape index (κ3) is 5.42. The molecule has 0 amide bonds. The molecule has 22 heavy (non-hydrogen) atoms. The number of benzene rings is 2. The van der Waals surface area contributed by atoms with Crippen LogP contribution >= 0.6 is 0 Å². The van der Waals surface area contributed by atoms with E-state index in [0.29, 0.717) is 0 Å². The molecule has 0 unspecified atom stereocenters. The average Bonchev–Trinajstić information content (AvgIpc) is 3.18. The van der Waals surface area contributed by atoms with Crippen molar-refractivity contribution in [3.05, 3.63) is 99.8 Å². The Balaban J connectivity index is -0.000000290. The molecule has 0 aliphatic carbocycles. The van der Waals surface area contributed by atoms with E-state index in [4.69, 9.17) is 0 Å². The molecule has 0 aromatic heterocycles. The predicted molar refractivity (Wildman–Crippen MR) is 99.9 cm³/mol. The number of hydrogen-bond donors (Lipinski definition) is 0. The molecule has 0 atom stereocenters. The molecule has 0 bridgehead atoms. The summed E-state index contributed by atoms with van der Waals surface area (Å²) in [4.78, 5) is 0. The molecule has 0 fully saturated rings. The Morgan fingerprint density at radius 2 is 1.00 bits per heavy atom. The molecule has 4 aromatic carbocycles. The number of fused-ring (bicyclic) bond motifs is 2. The van der Waals surface area contributed by atoms with Gasteiger partial charge < -0.3 is 17.7 Å². The van der Waals surface area contributed by atoms with Gasteiger partial charge in [0.05, 0.1) is 0 Å². The van der Waals surface area contributed by atoms with E-state index in [2.05, 4.69) is 92.6 Å². The molecule has 116 valence electrons. The molecule has 0 N–H and O–H groups in total. The van der Waals surface area contributed by atoms with Crippen LogP contribution in [0.2, 0.25) is 0 Å². The van der Waals surface area contributed by atoms with Crippen molar-refractivity contribution < 1.29 is 22.0 Å². The third-order valence-corrected chi connectivity index (χ3v) is 3.10. The van der Waals surface area contributed by atoms with Crippen LogP contribution in [0.15, 0.2) is 84.9 Å². The van der Waals surface area contributed by atoms with Crippen LogP contribution in [0, 0.1) is 14.9 Å². The van der Waals surface area contributed by atoms with Gasteiger partial charge in [-0.3, -0.25) is 0 Å². The Labute approximate surface area is 150 Å². The van der Waals surface area contributed by atoms with Crippen molar-refractivity contribution >= 4 is 29.2 Å². The van der Waals surface area contributed by atoms with Crippen molar-refractivity contribution in [1.29, 1.82) is 0 Å². The van der Waals surface area contributed by atoms with Gasteiger partial charge in [-0.2, -0.15) is 35.0 Å². The van der Waals surface area contributed by atoms with E-state index in [1.807, 2.05) is 0 Å². The van der Waals surface area contributed by atoms with Crippen molar-refractivity contribution in [3.8, 4) is 0 Å². The van der Waals surface area contributed by atoms with Crippen LogP contribution in [-0.4, -0.2) is 7.63 Å². The van der Waals surface area contributed by atoms with E-state index in [-0.39, 0.29) is 17.7 Å². The topological polar surface area (TPSA) is 0 Å². The molecule has 0 heterocycles. The molecular formula is C20H22SiTi-6. The Kier molecular flexibility index (Phi) is 10.5. The van der Waals surface area contributed by atoms with Gasteiger partial charge in [0, 0.05) is 0 Å². The molecule has 0 saturated heterocycles. The van der Waals surface area contributed by atoms with Crippen LogP contribution in [0.4, 0.5) is 0 Å². The zero-order valence-electron chi connectivity index (χ0n) is 15.1. The summed E-state index contributed by atoms with van der Waals surface area (Å²) >= 11 is 1.81. The average molecular weight is 338 g/mol. The fraction of sp³-hybridized carbons (Fsp3) is 0. The monoisotopic (exact) mass is 338 g/mol. The quantitative estimate of drug-likeness (QED) is 0.278. The molecule has 2 radical (unpaired) electrons. The number of rotatable bonds is 0. The summed E-state index contributed by atoms with van der Waals surface area (Å²) in [5.74, 6) is 0. The van der Waals surface area contributed by atoms with E-state index < -0.39 is 0 Å². The van der Waals surface area contributed by atoms with Crippen LogP contribution in [0.25, 0.3) is 21.5 Å². The molecule has 0 nitrogen and oxygen atoms in total. The number of hydrogen-bond acceptors (Lipinski definition) is 0. The first-order chi connectivity index (χ1) is 9.93. The van der Waals surface area contributed by atoms with E-state index in [0.717, 1.165) is 0 Å². The minimum atomic E-state index is 0. The first-order valence-electron chi connectivity index (χ1n) is 6.39. The first kappa shape index (κ1) is 20.6. The summed E-state index contributed by atoms with van der Waals surface area (Å²) in [5.41, 5.74) is 0. The van der Waals surface area contributed by atoms with E-state index in [1.165, 1.54) is 21.5 Å². The minimum Gasteiger partial charge on any atom is -0.168 e. The van der Waals surface area contributed by atoms with Crippen molar-refractivity contribution in [2.24, 2.45) is 0 Å². The van der Waals surface area contributed by atoms with Crippen molar-refractivity contribution in [1.82, 2.24) is 0 Å². The summed E-state index contributed by atoms with van der Waals surface area (Å²) in [7, 11) is 2.97. The van der Waals surface area contributed by atoms with Crippen LogP contribution < -0.4 is 0 Å². The molecular weight excluding hydrogens is 316 g/mol. The molecule has 0 aliphatic rings. The fourth-order valence-electron chi connectivity index (χ4n) is 2.14. The molecule has 4 rings (SSSR count). The van der Waals surface area contributed by atoms with Gasteiger partial charge in [0.25, 0.3) is 0 Å². The van der Waals surface area contributed by atoms with E-state index in [9.17, 15) is 0 Å². The maximum atomic E-state index is 2.97. The van der Waals surface area contributed by atoms with Crippen LogP contribution in [-0.2, 0) is 19.2 Å². The standard InChI is InChI=1S/2C9H7.2CH3.Si.Ti.2H/c2*1-2-5-9-7-3-6-8(9)4-1;;;;;;/h2*1-7H;2*1H3;;;;/q4*-1;;;2*-1. The van der Waals surface area contributed by atoms with Crippen molar-refractivity contribution in [2.75, 3.05) is 0 Å². The Bertz CT molecular complexity index is 651. The third-order valence-electron chi connectivity index (χ3n) is 3.10. The molecule has 0 aliphatic heterocycles. The van der Waals surface area contributed by atoms with Crippen LogP contribution in [0.1, 0.15) is 2.85 Å². The summed E-state index contributed by atoms with van der Waals surface area (Å²) < 4.78 is 0. The second-order valence-electron chi connectivity index (χ2n) is 4.31. The van der Waals surface area contributed by atoms with Gasteiger partial charge in [0.1, 0.15) is 0 Å². The van der Waals surface area contributed by atoms with Crippen molar-refractivity contribution in [3.63, 3.8) is 0 Å². The summed E-state index contributed by atoms with van der Waals surface area (Å²) in [5, 5.41) is 5.32. The predicted octanol–water partition coefficient (Wildman–Crippen LogP) is 5.86. The van der Waals surface area contributed by atoms with Crippen molar-refractivity contribution in [2.45, 2.75) is 0 Å². The zero-order valence-corrected chi connectivity index (χ0v) is 15.6. The Hall–Kier alpha value is -1.41. The largest absolute Gasteiger partial charge is 0.168 e. The van der Waals surface area contributed by atoms with Gasteiger partial charge in [-0.15, -0.1) is 59.3 Å². The molecule has 4 aromatic rings. The van der Waals surface area contributed by atoms with Crippen LogP contribution in [0.3, 0.4) is 0 Å². The minimum absolute atomic E-state index is 0. The maximum Gasteiger partial charge on any atom is -0.0809 e. The molecule has 0 saturated carbocycles. The van der Waals surface area contributed by atoms with E-state index >= 15 is 0 Å². The summed E-state index contributed by atoms with van der Waals surface area (Å²) in [6.07, 6.45) is 0. The smallest absolute Gasteiger partial charge is 0.0809 e. The van der Waals surface area contributed by atoms with Gasteiger partial charge in [-0.25, -0.2) is 0 Å². The first-order valence-corrected chi connectivity index (χ1v) is 9.24. The zero-order chi connectivity index (χ0) is 14.2. The normalized spacial score (nSPS) is 8.50.